The van der Waals surface area contributed by atoms with E-state index < -0.39 is 0 Å². The van der Waals surface area contributed by atoms with Crippen LogP contribution >= 0.6 is 0 Å². The van der Waals surface area contributed by atoms with Gasteiger partial charge in [-0.25, -0.2) is 4.98 Å². The van der Waals surface area contributed by atoms with Crippen LogP contribution in [0.15, 0.2) is 36.7 Å². The Morgan fingerprint density at radius 2 is 2.00 bits per heavy atom. The average Bonchev–Trinajstić information content (AvgIpc) is 3.39. The molecule has 0 bridgehead atoms. The van der Waals surface area contributed by atoms with Crippen LogP contribution in [0, 0.1) is 0 Å². The molecular formula is C26H32N6O. The summed E-state index contributed by atoms with van der Waals surface area (Å²) in [5.41, 5.74) is 7.05. The van der Waals surface area contributed by atoms with Gasteiger partial charge in [0.1, 0.15) is 0 Å². The van der Waals surface area contributed by atoms with E-state index in [1.54, 1.807) is 11.7 Å². The minimum Gasteiger partial charge on any atom is -0.358 e. The van der Waals surface area contributed by atoms with Crippen LogP contribution in [0.25, 0.3) is 33.2 Å². The molecule has 1 aliphatic heterocycles. The van der Waals surface area contributed by atoms with Gasteiger partial charge in [-0.05, 0) is 67.1 Å². The van der Waals surface area contributed by atoms with Gasteiger partial charge in [0.25, 0.3) is 0 Å². The van der Waals surface area contributed by atoms with Gasteiger partial charge in [0.15, 0.2) is 5.65 Å². The second kappa shape index (κ2) is 8.63. The van der Waals surface area contributed by atoms with E-state index in [1.807, 2.05) is 19.4 Å². The number of carbonyl (C=O) groups is 1. The number of likely N-dealkylation sites (tertiary alicyclic amines) is 1. The summed E-state index contributed by atoms with van der Waals surface area (Å²) in [7, 11) is 3.62. The normalized spacial score (nSPS) is 15.7. The number of pyridine rings is 1. The maximum atomic E-state index is 11.7. The number of nitrogens with one attached hydrogen (secondary N) is 2. The Bertz CT molecular complexity index is 1310. The molecule has 1 saturated heterocycles. The first kappa shape index (κ1) is 21.6. The molecule has 0 aliphatic carbocycles. The van der Waals surface area contributed by atoms with Gasteiger partial charge in [0.05, 0.1) is 18.4 Å². The van der Waals surface area contributed by atoms with Crippen molar-refractivity contribution in [3.05, 3.63) is 47.8 Å². The molecule has 2 N–H and O–H groups in total. The van der Waals surface area contributed by atoms with Crippen LogP contribution in [0.2, 0.25) is 0 Å². The third-order valence-corrected chi connectivity index (χ3v) is 7.01. The van der Waals surface area contributed by atoms with E-state index >= 15 is 0 Å². The van der Waals surface area contributed by atoms with Crippen molar-refractivity contribution < 1.29 is 4.79 Å². The Labute approximate surface area is 194 Å². The summed E-state index contributed by atoms with van der Waals surface area (Å²) in [5, 5.41) is 9.42. The van der Waals surface area contributed by atoms with E-state index in [-0.39, 0.29) is 5.91 Å². The highest BCUT2D eigenvalue weighted by atomic mass is 16.1. The second-order valence-electron chi connectivity index (χ2n) is 9.50. The van der Waals surface area contributed by atoms with E-state index in [0.29, 0.717) is 18.4 Å². The molecule has 33 heavy (non-hydrogen) atoms. The molecule has 7 heteroatoms. The van der Waals surface area contributed by atoms with Gasteiger partial charge in [-0.2, -0.15) is 5.10 Å². The summed E-state index contributed by atoms with van der Waals surface area (Å²) in [5.74, 6) is 1.00. The molecule has 4 heterocycles. The number of aromatic amines is 1. The van der Waals surface area contributed by atoms with Crippen LogP contribution in [0.4, 0.5) is 0 Å². The molecule has 1 amide bonds. The third-order valence-electron chi connectivity index (χ3n) is 7.01. The highest BCUT2D eigenvalue weighted by Gasteiger charge is 2.23. The maximum absolute atomic E-state index is 11.7. The highest BCUT2D eigenvalue weighted by Crippen LogP contribution is 2.38. The third kappa shape index (κ3) is 4.02. The number of piperidine rings is 1. The average molecular weight is 445 g/mol. The molecule has 7 nitrogen and oxygen atoms in total. The first-order chi connectivity index (χ1) is 15.9. The van der Waals surface area contributed by atoms with Crippen molar-refractivity contribution in [1.82, 2.24) is 30.0 Å². The molecule has 1 aromatic carbocycles. The number of carbonyl (C=O) groups excluding carboxylic acids is 1. The fraction of sp³-hybridized carbons (Fsp3) is 0.423. The van der Waals surface area contributed by atoms with E-state index in [4.69, 9.17) is 0 Å². The molecule has 0 atom stereocenters. The Balaban J connectivity index is 1.47. The number of likely N-dealkylation sites (N-methyl/N-ethyl adjacent to an activating group) is 1. The second-order valence-corrected chi connectivity index (χ2v) is 9.50. The summed E-state index contributed by atoms with van der Waals surface area (Å²) in [4.78, 5) is 22.3. The lowest BCUT2D eigenvalue weighted by Crippen LogP contribution is -2.40. The minimum atomic E-state index is 0.0928. The fourth-order valence-corrected chi connectivity index (χ4v) is 5.20. The summed E-state index contributed by atoms with van der Waals surface area (Å²) >= 11 is 0. The lowest BCUT2D eigenvalue weighted by Gasteiger charge is -2.31. The SMILES string of the molecule is CNC(=O)CN1CCC(c2ccc3[nH]c(-c4cnc5c(cnn5C)c4)c(C(C)C)c3c2)CC1. The largest absolute Gasteiger partial charge is 0.358 e. The smallest absolute Gasteiger partial charge is 0.233 e. The van der Waals surface area contributed by atoms with Crippen molar-refractivity contribution >= 4 is 27.8 Å². The quantitative estimate of drug-likeness (QED) is 0.484. The number of hydrogen-bond acceptors (Lipinski definition) is 4. The monoisotopic (exact) mass is 444 g/mol. The van der Waals surface area contributed by atoms with Crippen LogP contribution in [0.3, 0.4) is 0 Å². The fourth-order valence-electron chi connectivity index (χ4n) is 5.20. The molecule has 1 fully saturated rings. The molecule has 3 aromatic heterocycles. The van der Waals surface area contributed by atoms with Crippen molar-refractivity contribution in [2.75, 3.05) is 26.7 Å². The number of rotatable bonds is 5. The Morgan fingerprint density at radius 3 is 2.73 bits per heavy atom. The van der Waals surface area contributed by atoms with Gasteiger partial charge in [-0.1, -0.05) is 19.9 Å². The van der Waals surface area contributed by atoms with Crippen LogP contribution in [-0.4, -0.2) is 57.2 Å². The van der Waals surface area contributed by atoms with Crippen molar-refractivity contribution in [2.24, 2.45) is 7.05 Å². The van der Waals surface area contributed by atoms with E-state index in [0.717, 1.165) is 48.2 Å². The maximum Gasteiger partial charge on any atom is 0.233 e. The molecule has 5 rings (SSSR count). The van der Waals surface area contributed by atoms with Gasteiger partial charge in [-0.15, -0.1) is 0 Å². The standard InChI is InChI=1S/C26H32N6O/c1-16(2)24-21-12-18(17-7-9-32(10-8-17)15-23(33)27-3)5-6-22(21)30-25(24)19-11-20-14-29-31(4)26(20)28-13-19/h5-6,11-14,16-17,30H,7-10,15H2,1-4H3,(H,27,33). The molecule has 172 valence electrons. The predicted molar refractivity (Wildman–Crippen MR) is 132 cm³/mol. The minimum absolute atomic E-state index is 0.0928. The predicted octanol–water partition coefficient (Wildman–Crippen LogP) is 4.17. The number of benzene rings is 1. The summed E-state index contributed by atoms with van der Waals surface area (Å²) in [6, 6.07) is 9.07. The molecule has 0 radical (unpaired) electrons. The van der Waals surface area contributed by atoms with Crippen LogP contribution in [-0.2, 0) is 11.8 Å². The zero-order chi connectivity index (χ0) is 23.1. The molecule has 4 aromatic rings. The first-order valence-electron chi connectivity index (χ1n) is 11.8. The summed E-state index contributed by atoms with van der Waals surface area (Å²) in [6.45, 7) is 6.93. The van der Waals surface area contributed by atoms with Crippen LogP contribution in [0.5, 0.6) is 0 Å². The topological polar surface area (TPSA) is 78.8 Å². The van der Waals surface area contributed by atoms with Gasteiger partial charge < -0.3 is 10.3 Å². The summed E-state index contributed by atoms with van der Waals surface area (Å²) in [6.07, 6.45) is 5.98. The number of H-pyrrole nitrogens is 1. The number of fused-ring (bicyclic) bond motifs is 2. The number of amides is 1. The molecule has 0 unspecified atom stereocenters. The van der Waals surface area contributed by atoms with E-state index in [1.165, 1.54) is 22.0 Å². The molecule has 0 saturated carbocycles. The lowest BCUT2D eigenvalue weighted by atomic mass is 9.87. The zero-order valence-corrected chi connectivity index (χ0v) is 19.9. The Morgan fingerprint density at radius 1 is 1.21 bits per heavy atom. The van der Waals surface area contributed by atoms with Gasteiger partial charge in [0, 0.05) is 42.1 Å². The number of hydrogen-bond donors (Lipinski definition) is 2. The molecule has 1 aliphatic rings. The molecular weight excluding hydrogens is 412 g/mol. The number of aryl methyl sites for hydroxylation is 1. The van der Waals surface area contributed by atoms with Gasteiger partial charge in [0.2, 0.25) is 5.91 Å². The Hall–Kier alpha value is -3.19. The van der Waals surface area contributed by atoms with Gasteiger partial charge in [-0.3, -0.25) is 14.4 Å². The van der Waals surface area contributed by atoms with Crippen molar-refractivity contribution in [2.45, 2.75) is 38.5 Å². The number of nitrogens with zero attached hydrogens (tertiary/aromatic N) is 4. The van der Waals surface area contributed by atoms with Crippen molar-refractivity contribution in [3.8, 4) is 11.3 Å². The highest BCUT2D eigenvalue weighted by molar-refractivity contribution is 5.93. The van der Waals surface area contributed by atoms with Crippen LogP contribution in [0.1, 0.15) is 49.7 Å². The number of aromatic nitrogens is 4. The van der Waals surface area contributed by atoms with Crippen LogP contribution < -0.4 is 5.32 Å². The van der Waals surface area contributed by atoms with E-state index in [2.05, 4.69) is 63.4 Å². The first-order valence-corrected chi connectivity index (χ1v) is 11.8. The molecule has 0 spiro atoms. The Kier molecular flexibility index (Phi) is 5.66. The zero-order valence-electron chi connectivity index (χ0n) is 19.9. The van der Waals surface area contributed by atoms with E-state index in [9.17, 15) is 4.79 Å². The van der Waals surface area contributed by atoms with Crippen molar-refractivity contribution in [1.29, 1.82) is 0 Å². The van der Waals surface area contributed by atoms with Crippen molar-refractivity contribution in [3.63, 3.8) is 0 Å². The summed E-state index contributed by atoms with van der Waals surface area (Å²) < 4.78 is 1.81. The van der Waals surface area contributed by atoms with Gasteiger partial charge >= 0.3 is 0 Å². The lowest BCUT2D eigenvalue weighted by molar-refractivity contribution is -0.122.